The summed E-state index contributed by atoms with van der Waals surface area (Å²) in [6.07, 6.45) is 11.2. The van der Waals surface area contributed by atoms with E-state index in [1.54, 1.807) is 0 Å². The van der Waals surface area contributed by atoms with Gasteiger partial charge in [-0.1, -0.05) is 25.8 Å². The van der Waals surface area contributed by atoms with Crippen LogP contribution in [0.15, 0.2) is 18.3 Å². The SMILES string of the molecule is CCc1cccnc1CNC1CCCCC1C1CCCN1. The third kappa shape index (κ3) is 3.64. The van der Waals surface area contributed by atoms with Gasteiger partial charge in [0.2, 0.25) is 0 Å². The Morgan fingerprint density at radius 2 is 2.14 bits per heavy atom. The average Bonchev–Trinajstić information content (AvgIpc) is 3.08. The molecule has 1 aliphatic heterocycles. The minimum absolute atomic E-state index is 0.668. The number of rotatable bonds is 5. The van der Waals surface area contributed by atoms with Crippen LogP contribution in [0.2, 0.25) is 0 Å². The van der Waals surface area contributed by atoms with E-state index in [0.29, 0.717) is 6.04 Å². The van der Waals surface area contributed by atoms with E-state index in [-0.39, 0.29) is 0 Å². The number of nitrogens with one attached hydrogen (secondary N) is 2. The molecular formula is C18H29N3. The van der Waals surface area contributed by atoms with Gasteiger partial charge in [0.1, 0.15) is 0 Å². The second-order valence-corrected chi connectivity index (χ2v) is 6.60. The Labute approximate surface area is 128 Å². The molecule has 21 heavy (non-hydrogen) atoms. The Morgan fingerprint density at radius 3 is 2.95 bits per heavy atom. The Balaban J connectivity index is 1.61. The molecule has 0 bridgehead atoms. The largest absolute Gasteiger partial charge is 0.314 e. The zero-order valence-electron chi connectivity index (χ0n) is 13.3. The molecule has 3 atom stereocenters. The first-order valence-corrected chi connectivity index (χ1v) is 8.78. The van der Waals surface area contributed by atoms with E-state index in [0.717, 1.165) is 24.9 Å². The average molecular weight is 287 g/mol. The van der Waals surface area contributed by atoms with Gasteiger partial charge in [0.25, 0.3) is 0 Å². The molecule has 0 aromatic carbocycles. The maximum Gasteiger partial charge on any atom is 0.0573 e. The van der Waals surface area contributed by atoms with Crippen molar-refractivity contribution in [3.63, 3.8) is 0 Å². The van der Waals surface area contributed by atoms with Gasteiger partial charge in [0.15, 0.2) is 0 Å². The summed E-state index contributed by atoms with van der Waals surface area (Å²) in [6.45, 7) is 4.36. The van der Waals surface area contributed by atoms with E-state index >= 15 is 0 Å². The third-order valence-electron chi connectivity index (χ3n) is 5.33. The zero-order chi connectivity index (χ0) is 14.5. The molecule has 1 saturated heterocycles. The van der Waals surface area contributed by atoms with Crippen molar-refractivity contribution >= 4 is 0 Å². The van der Waals surface area contributed by atoms with E-state index < -0.39 is 0 Å². The highest BCUT2D eigenvalue weighted by Crippen LogP contribution is 2.30. The summed E-state index contributed by atoms with van der Waals surface area (Å²) < 4.78 is 0. The molecule has 1 aromatic rings. The van der Waals surface area contributed by atoms with Crippen molar-refractivity contribution in [2.45, 2.75) is 70.5 Å². The van der Waals surface area contributed by atoms with Gasteiger partial charge in [-0.2, -0.15) is 0 Å². The highest BCUT2D eigenvalue weighted by atomic mass is 15.0. The van der Waals surface area contributed by atoms with E-state index in [1.807, 2.05) is 12.3 Å². The molecule has 2 heterocycles. The lowest BCUT2D eigenvalue weighted by Gasteiger charge is -2.36. The molecule has 116 valence electrons. The van der Waals surface area contributed by atoms with Gasteiger partial charge in [-0.3, -0.25) is 4.98 Å². The fourth-order valence-corrected chi connectivity index (χ4v) is 4.15. The van der Waals surface area contributed by atoms with Gasteiger partial charge in [-0.25, -0.2) is 0 Å². The maximum absolute atomic E-state index is 4.58. The first kappa shape index (κ1) is 15.0. The quantitative estimate of drug-likeness (QED) is 0.874. The monoisotopic (exact) mass is 287 g/mol. The molecule has 3 unspecified atom stereocenters. The first-order valence-electron chi connectivity index (χ1n) is 8.78. The van der Waals surface area contributed by atoms with Gasteiger partial charge >= 0.3 is 0 Å². The lowest BCUT2D eigenvalue weighted by molar-refractivity contribution is 0.213. The summed E-state index contributed by atoms with van der Waals surface area (Å²) in [5.74, 6) is 0.815. The van der Waals surface area contributed by atoms with Crippen molar-refractivity contribution in [1.82, 2.24) is 15.6 Å². The van der Waals surface area contributed by atoms with Crippen LogP contribution in [0.5, 0.6) is 0 Å². The Hall–Kier alpha value is -0.930. The predicted octanol–water partition coefficient (Wildman–Crippen LogP) is 3.04. The number of aryl methyl sites for hydroxylation is 1. The summed E-state index contributed by atoms with van der Waals surface area (Å²) in [4.78, 5) is 4.58. The van der Waals surface area contributed by atoms with Crippen molar-refractivity contribution in [2.75, 3.05) is 6.54 Å². The van der Waals surface area contributed by atoms with Crippen molar-refractivity contribution in [3.8, 4) is 0 Å². The number of aromatic nitrogens is 1. The molecule has 3 nitrogen and oxygen atoms in total. The molecule has 0 amide bonds. The van der Waals surface area contributed by atoms with Crippen LogP contribution >= 0.6 is 0 Å². The number of hydrogen-bond donors (Lipinski definition) is 2. The highest BCUT2D eigenvalue weighted by molar-refractivity contribution is 5.19. The molecule has 1 saturated carbocycles. The first-order chi connectivity index (χ1) is 10.4. The minimum atomic E-state index is 0.668. The third-order valence-corrected chi connectivity index (χ3v) is 5.33. The molecule has 0 spiro atoms. The lowest BCUT2D eigenvalue weighted by atomic mass is 9.79. The van der Waals surface area contributed by atoms with Crippen molar-refractivity contribution in [1.29, 1.82) is 0 Å². The fraction of sp³-hybridized carbons (Fsp3) is 0.722. The van der Waals surface area contributed by atoms with Crippen LogP contribution in [0.3, 0.4) is 0 Å². The minimum Gasteiger partial charge on any atom is -0.314 e. The summed E-state index contributed by atoms with van der Waals surface area (Å²) in [7, 11) is 0. The number of nitrogens with zero attached hydrogens (tertiary/aromatic N) is 1. The van der Waals surface area contributed by atoms with Crippen LogP contribution in [0.25, 0.3) is 0 Å². The van der Waals surface area contributed by atoms with Crippen molar-refractivity contribution in [2.24, 2.45) is 5.92 Å². The summed E-state index contributed by atoms with van der Waals surface area (Å²) in [5.41, 5.74) is 2.63. The normalized spacial score (nSPS) is 29.7. The maximum atomic E-state index is 4.58. The molecule has 3 rings (SSSR count). The lowest BCUT2D eigenvalue weighted by Crippen LogP contribution is -2.46. The molecule has 3 heteroatoms. The summed E-state index contributed by atoms with van der Waals surface area (Å²) >= 11 is 0. The van der Waals surface area contributed by atoms with Gasteiger partial charge in [0, 0.05) is 24.8 Å². The molecule has 2 fully saturated rings. The Bertz CT molecular complexity index is 440. The fourth-order valence-electron chi connectivity index (χ4n) is 4.15. The highest BCUT2D eigenvalue weighted by Gasteiger charge is 2.32. The van der Waals surface area contributed by atoms with E-state index in [9.17, 15) is 0 Å². The van der Waals surface area contributed by atoms with Crippen LogP contribution < -0.4 is 10.6 Å². The molecule has 1 aromatic heterocycles. The summed E-state index contributed by atoms with van der Waals surface area (Å²) in [6, 6.07) is 5.67. The van der Waals surface area contributed by atoms with Gasteiger partial charge in [-0.15, -0.1) is 0 Å². The van der Waals surface area contributed by atoms with Gasteiger partial charge in [-0.05, 0) is 56.2 Å². The smallest absolute Gasteiger partial charge is 0.0573 e. The Kier molecular flexibility index (Phi) is 5.26. The summed E-state index contributed by atoms with van der Waals surface area (Å²) in [5, 5.41) is 7.56. The van der Waals surface area contributed by atoms with Gasteiger partial charge < -0.3 is 10.6 Å². The van der Waals surface area contributed by atoms with Crippen LogP contribution in [0, 0.1) is 5.92 Å². The zero-order valence-corrected chi connectivity index (χ0v) is 13.3. The second-order valence-electron chi connectivity index (χ2n) is 6.60. The van der Waals surface area contributed by atoms with E-state index in [2.05, 4.69) is 28.6 Å². The van der Waals surface area contributed by atoms with Crippen LogP contribution in [-0.4, -0.2) is 23.6 Å². The molecule has 1 aliphatic carbocycles. The Morgan fingerprint density at radius 1 is 1.24 bits per heavy atom. The predicted molar refractivity (Wildman–Crippen MR) is 87.2 cm³/mol. The molecule has 0 radical (unpaired) electrons. The van der Waals surface area contributed by atoms with E-state index in [1.165, 1.54) is 56.3 Å². The van der Waals surface area contributed by atoms with Crippen LogP contribution in [0.4, 0.5) is 0 Å². The van der Waals surface area contributed by atoms with Crippen LogP contribution in [0.1, 0.15) is 56.7 Å². The topological polar surface area (TPSA) is 37.0 Å². The molecule has 2 N–H and O–H groups in total. The van der Waals surface area contributed by atoms with Gasteiger partial charge in [0.05, 0.1) is 5.69 Å². The van der Waals surface area contributed by atoms with Crippen molar-refractivity contribution in [3.05, 3.63) is 29.6 Å². The molecule has 2 aliphatic rings. The molecular weight excluding hydrogens is 258 g/mol. The number of pyridine rings is 1. The van der Waals surface area contributed by atoms with E-state index in [4.69, 9.17) is 0 Å². The standard InChI is InChI=1S/C18H29N3/c1-2-14-7-5-11-20-18(14)13-21-17-9-4-3-8-15(17)16-10-6-12-19-16/h5,7,11,15-17,19,21H,2-4,6,8-10,12-13H2,1H3. The number of hydrogen-bond acceptors (Lipinski definition) is 3. The van der Waals surface area contributed by atoms with Crippen LogP contribution in [-0.2, 0) is 13.0 Å². The van der Waals surface area contributed by atoms with Crippen molar-refractivity contribution < 1.29 is 0 Å². The second kappa shape index (κ2) is 7.37.